The van der Waals surface area contributed by atoms with Gasteiger partial charge in [0, 0.05) is 22.0 Å². The largest absolute Gasteiger partial charge is 0.461 e. The molecule has 0 bridgehead atoms. The van der Waals surface area contributed by atoms with E-state index in [1.165, 1.54) is 16.0 Å². The van der Waals surface area contributed by atoms with E-state index in [9.17, 15) is 9.59 Å². The van der Waals surface area contributed by atoms with Gasteiger partial charge in [0.15, 0.2) is 5.69 Å². The van der Waals surface area contributed by atoms with Crippen LogP contribution in [0.3, 0.4) is 0 Å². The number of nitrogens with one attached hydrogen (secondary N) is 1. The maximum absolute atomic E-state index is 11.8. The molecule has 9 heteroatoms. The molecular formula is C16H13ClN4O3S. The van der Waals surface area contributed by atoms with Gasteiger partial charge in [-0.15, -0.1) is 11.3 Å². The molecule has 1 aromatic carbocycles. The van der Waals surface area contributed by atoms with E-state index in [1.807, 2.05) is 12.1 Å². The molecule has 0 atom stereocenters. The normalized spacial score (nSPS) is 10.5. The van der Waals surface area contributed by atoms with Gasteiger partial charge in [0.1, 0.15) is 5.82 Å². The van der Waals surface area contributed by atoms with Crippen LogP contribution in [-0.2, 0) is 9.53 Å². The zero-order valence-corrected chi connectivity index (χ0v) is 14.7. The Morgan fingerprint density at radius 1 is 1.40 bits per heavy atom. The molecule has 3 aromatic rings. The van der Waals surface area contributed by atoms with Crippen molar-refractivity contribution in [1.82, 2.24) is 14.8 Å². The Balaban J connectivity index is 1.99. The first kappa shape index (κ1) is 17.1. The van der Waals surface area contributed by atoms with E-state index in [-0.39, 0.29) is 12.3 Å². The van der Waals surface area contributed by atoms with E-state index in [1.54, 1.807) is 30.5 Å². The summed E-state index contributed by atoms with van der Waals surface area (Å²) in [5, 5.41) is 9.69. The molecule has 0 aliphatic rings. The number of aromatic nitrogens is 3. The van der Waals surface area contributed by atoms with Crippen molar-refractivity contribution in [3.63, 3.8) is 0 Å². The van der Waals surface area contributed by atoms with E-state index in [2.05, 4.69) is 15.4 Å². The van der Waals surface area contributed by atoms with Crippen LogP contribution in [0.2, 0.25) is 5.02 Å². The van der Waals surface area contributed by atoms with Gasteiger partial charge in [0.05, 0.1) is 12.3 Å². The number of amides is 1. The molecule has 3 rings (SSSR count). The fourth-order valence-electron chi connectivity index (χ4n) is 2.11. The Kier molecular flexibility index (Phi) is 5.11. The third-order valence-electron chi connectivity index (χ3n) is 3.21. The number of benzene rings is 1. The molecule has 25 heavy (non-hydrogen) atoms. The van der Waals surface area contributed by atoms with E-state index in [0.29, 0.717) is 28.1 Å². The third-order valence-corrected chi connectivity index (χ3v) is 4.28. The van der Waals surface area contributed by atoms with Crippen molar-refractivity contribution in [2.24, 2.45) is 0 Å². The van der Waals surface area contributed by atoms with Gasteiger partial charge < -0.3 is 10.1 Å². The van der Waals surface area contributed by atoms with Crippen LogP contribution in [0.5, 0.6) is 0 Å². The molecule has 0 fully saturated rings. The van der Waals surface area contributed by atoms with Crippen molar-refractivity contribution < 1.29 is 14.3 Å². The number of carbonyl (C=O) groups excluding carboxylic acids is 2. The number of carbonyl (C=O) groups is 2. The molecular weight excluding hydrogens is 364 g/mol. The standard InChI is InChI=1S/C16H13ClN4O3S/c1-2-24-15(23)13-8-25-16(19-13)21-14(18-9-22)7-12(20-21)10-3-5-11(17)6-4-10/h3-9H,2H2,1H3,(H,18,22). The second-order valence-corrected chi connectivity index (χ2v) is 6.10. The molecule has 128 valence electrons. The number of rotatable bonds is 6. The first-order valence-corrected chi connectivity index (χ1v) is 8.57. The maximum atomic E-state index is 11.8. The summed E-state index contributed by atoms with van der Waals surface area (Å²) in [4.78, 5) is 26.9. The maximum Gasteiger partial charge on any atom is 0.357 e. The number of nitrogens with zero attached hydrogens (tertiary/aromatic N) is 3. The lowest BCUT2D eigenvalue weighted by Gasteiger charge is -2.01. The number of hydrogen-bond acceptors (Lipinski definition) is 6. The lowest BCUT2D eigenvalue weighted by Crippen LogP contribution is -2.07. The quantitative estimate of drug-likeness (QED) is 0.526. The number of esters is 1. The van der Waals surface area contributed by atoms with E-state index >= 15 is 0 Å². The first-order valence-electron chi connectivity index (χ1n) is 7.31. The summed E-state index contributed by atoms with van der Waals surface area (Å²) in [5.41, 5.74) is 1.66. The Morgan fingerprint density at radius 3 is 2.84 bits per heavy atom. The molecule has 1 N–H and O–H groups in total. The summed E-state index contributed by atoms with van der Waals surface area (Å²) in [7, 11) is 0. The molecule has 0 saturated carbocycles. The van der Waals surface area contributed by atoms with Gasteiger partial charge in [-0.3, -0.25) is 4.79 Å². The molecule has 0 aliphatic heterocycles. The lowest BCUT2D eigenvalue weighted by atomic mass is 10.1. The molecule has 0 radical (unpaired) electrons. The first-order chi connectivity index (χ1) is 12.1. The minimum absolute atomic E-state index is 0.197. The summed E-state index contributed by atoms with van der Waals surface area (Å²) in [6.07, 6.45) is 0.555. The second-order valence-electron chi connectivity index (χ2n) is 4.83. The molecule has 0 saturated heterocycles. The summed E-state index contributed by atoms with van der Waals surface area (Å²) in [6, 6.07) is 8.87. The van der Waals surface area contributed by atoms with E-state index in [0.717, 1.165) is 5.56 Å². The molecule has 0 unspecified atom stereocenters. The lowest BCUT2D eigenvalue weighted by molar-refractivity contribution is -0.105. The van der Waals surface area contributed by atoms with Crippen LogP contribution in [0.4, 0.5) is 5.82 Å². The third kappa shape index (κ3) is 3.70. The van der Waals surface area contributed by atoms with Gasteiger partial charge in [-0.1, -0.05) is 23.7 Å². The number of thiazole rings is 1. The zero-order valence-electron chi connectivity index (χ0n) is 13.1. The number of halogens is 1. The average molecular weight is 377 g/mol. The van der Waals surface area contributed by atoms with Crippen molar-refractivity contribution in [2.75, 3.05) is 11.9 Å². The highest BCUT2D eigenvalue weighted by Gasteiger charge is 2.17. The number of anilines is 1. The average Bonchev–Trinajstić information content (AvgIpc) is 3.23. The van der Waals surface area contributed by atoms with Crippen molar-refractivity contribution in [3.8, 4) is 16.4 Å². The highest BCUT2D eigenvalue weighted by Crippen LogP contribution is 2.27. The monoisotopic (exact) mass is 376 g/mol. The summed E-state index contributed by atoms with van der Waals surface area (Å²) < 4.78 is 6.40. The van der Waals surface area contributed by atoms with E-state index < -0.39 is 5.97 Å². The smallest absolute Gasteiger partial charge is 0.357 e. The van der Waals surface area contributed by atoms with Gasteiger partial charge in [-0.05, 0) is 19.1 Å². The predicted octanol–water partition coefficient (Wildman–Crippen LogP) is 3.39. The molecule has 0 aliphatic carbocycles. The van der Waals surface area contributed by atoms with Crippen LogP contribution in [0.1, 0.15) is 17.4 Å². The zero-order chi connectivity index (χ0) is 17.8. The highest BCUT2D eigenvalue weighted by molar-refractivity contribution is 7.12. The van der Waals surface area contributed by atoms with Crippen LogP contribution in [0, 0.1) is 0 Å². The fourth-order valence-corrected chi connectivity index (χ4v) is 2.99. The molecule has 2 aromatic heterocycles. The Morgan fingerprint density at radius 2 is 2.16 bits per heavy atom. The van der Waals surface area contributed by atoms with Gasteiger partial charge in [-0.2, -0.15) is 9.78 Å². The molecule has 7 nitrogen and oxygen atoms in total. The van der Waals surface area contributed by atoms with Crippen molar-refractivity contribution >= 4 is 41.1 Å². The van der Waals surface area contributed by atoms with Crippen LogP contribution in [0.25, 0.3) is 16.4 Å². The number of hydrogen-bond donors (Lipinski definition) is 1. The Labute approximate surface area is 152 Å². The van der Waals surface area contributed by atoms with Crippen LogP contribution >= 0.6 is 22.9 Å². The second kappa shape index (κ2) is 7.45. The van der Waals surface area contributed by atoms with Crippen LogP contribution < -0.4 is 5.32 Å². The molecule has 2 heterocycles. The Bertz CT molecular complexity index is 905. The van der Waals surface area contributed by atoms with Crippen molar-refractivity contribution in [2.45, 2.75) is 6.92 Å². The summed E-state index contributed by atoms with van der Waals surface area (Å²) in [6.45, 7) is 2.00. The summed E-state index contributed by atoms with van der Waals surface area (Å²) >= 11 is 7.12. The van der Waals surface area contributed by atoms with Gasteiger partial charge >= 0.3 is 5.97 Å². The summed E-state index contributed by atoms with van der Waals surface area (Å²) in [5.74, 6) is -0.0651. The van der Waals surface area contributed by atoms with Crippen molar-refractivity contribution in [3.05, 3.63) is 46.4 Å². The Hall–Kier alpha value is -2.71. The minimum Gasteiger partial charge on any atom is -0.461 e. The van der Waals surface area contributed by atoms with Gasteiger partial charge in [0.2, 0.25) is 11.5 Å². The molecule has 0 spiro atoms. The SMILES string of the molecule is CCOC(=O)c1csc(-n2nc(-c3ccc(Cl)cc3)cc2NC=O)n1. The number of ether oxygens (including phenoxy) is 1. The van der Waals surface area contributed by atoms with Crippen LogP contribution in [0.15, 0.2) is 35.7 Å². The minimum atomic E-state index is -0.500. The topological polar surface area (TPSA) is 86.1 Å². The predicted molar refractivity (Wildman–Crippen MR) is 95.3 cm³/mol. The van der Waals surface area contributed by atoms with Gasteiger partial charge in [-0.25, -0.2) is 9.78 Å². The van der Waals surface area contributed by atoms with Crippen LogP contribution in [-0.4, -0.2) is 33.8 Å². The fraction of sp³-hybridized carbons (Fsp3) is 0.125. The van der Waals surface area contributed by atoms with Gasteiger partial charge in [0.25, 0.3) is 0 Å². The molecule has 1 amide bonds. The highest BCUT2D eigenvalue weighted by atomic mass is 35.5. The van der Waals surface area contributed by atoms with E-state index in [4.69, 9.17) is 16.3 Å². The van der Waals surface area contributed by atoms with Crippen molar-refractivity contribution in [1.29, 1.82) is 0 Å².